The number of rotatable bonds is 9. The van der Waals surface area contributed by atoms with E-state index in [0.29, 0.717) is 17.1 Å². The van der Waals surface area contributed by atoms with E-state index in [9.17, 15) is 19.5 Å². The standard InChI is InChI=1S/C21H31NO8/c1-20(2,3)29-17(23)9-8-16(18(24)25)22-19(26)30-21(4,5)13-10-14(27-6)12-15(11-13)28-7/h10-12,16H,8-9H2,1-7H3,(H,22,26)(H,24,25). The van der Waals surface area contributed by atoms with Crippen LogP contribution in [0.5, 0.6) is 11.5 Å². The number of ether oxygens (including phenoxy) is 4. The van der Waals surface area contributed by atoms with Crippen molar-refractivity contribution in [3.05, 3.63) is 23.8 Å². The first-order chi connectivity index (χ1) is 13.8. The normalized spacial score (nSPS) is 12.5. The number of amides is 1. The Balaban J connectivity index is 2.81. The quantitative estimate of drug-likeness (QED) is 0.579. The van der Waals surface area contributed by atoms with E-state index < -0.39 is 35.3 Å². The Labute approximate surface area is 176 Å². The van der Waals surface area contributed by atoms with E-state index >= 15 is 0 Å². The smallest absolute Gasteiger partial charge is 0.408 e. The monoisotopic (exact) mass is 425 g/mol. The van der Waals surface area contributed by atoms with Crippen LogP contribution in [0.4, 0.5) is 4.79 Å². The zero-order valence-corrected chi connectivity index (χ0v) is 18.5. The molecule has 0 aliphatic carbocycles. The van der Waals surface area contributed by atoms with Gasteiger partial charge in [-0.2, -0.15) is 0 Å². The first-order valence-corrected chi connectivity index (χ1v) is 9.45. The molecule has 30 heavy (non-hydrogen) atoms. The molecule has 1 aromatic carbocycles. The molecule has 0 fully saturated rings. The lowest BCUT2D eigenvalue weighted by molar-refractivity contribution is -0.155. The number of carbonyl (C=O) groups is 3. The van der Waals surface area contributed by atoms with Crippen LogP contribution < -0.4 is 14.8 Å². The second-order valence-electron chi connectivity index (χ2n) is 8.16. The van der Waals surface area contributed by atoms with Crippen molar-refractivity contribution in [3.8, 4) is 11.5 Å². The molecule has 9 nitrogen and oxygen atoms in total. The fraction of sp³-hybridized carbons (Fsp3) is 0.571. The number of benzene rings is 1. The van der Waals surface area contributed by atoms with Crippen molar-refractivity contribution in [2.45, 2.75) is 64.7 Å². The molecular formula is C21H31NO8. The van der Waals surface area contributed by atoms with Gasteiger partial charge in [-0.1, -0.05) is 0 Å². The molecule has 0 saturated carbocycles. The topological polar surface area (TPSA) is 120 Å². The van der Waals surface area contributed by atoms with Crippen molar-refractivity contribution in [1.82, 2.24) is 5.32 Å². The van der Waals surface area contributed by atoms with Gasteiger partial charge >= 0.3 is 18.0 Å². The molecule has 168 valence electrons. The molecule has 9 heteroatoms. The number of esters is 1. The maximum Gasteiger partial charge on any atom is 0.408 e. The summed E-state index contributed by atoms with van der Waals surface area (Å²) in [7, 11) is 3.00. The Kier molecular flexibility index (Phi) is 8.50. The predicted molar refractivity (Wildman–Crippen MR) is 109 cm³/mol. The molecule has 0 radical (unpaired) electrons. The largest absolute Gasteiger partial charge is 0.497 e. The molecule has 1 amide bonds. The number of carboxylic acid groups (broad SMARTS) is 1. The van der Waals surface area contributed by atoms with Gasteiger partial charge in [0.25, 0.3) is 0 Å². The minimum atomic E-state index is -1.30. The summed E-state index contributed by atoms with van der Waals surface area (Å²) in [4.78, 5) is 35.7. The first-order valence-electron chi connectivity index (χ1n) is 9.45. The van der Waals surface area contributed by atoms with Gasteiger partial charge in [0, 0.05) is 18.1 Å². The van der Waals surface area contributed by atoms with Crippen molar-refractivity contribution in [2.75, 3.05) is 14.2 Å². The van der Waals surface area contributed by atoms with Gasteiger partial charge in [-0.25, -0.2) is 9.59 Å². The number of carbonyl (C=O) groups excluding carboxylic acids is 2. The van der Waals surface area contributed by atoms with E-state index in [-0.39, 0.29) is 12.8 Å². The van der Waals surface area contributed by atoms with Crippen LogP contribution in [0.25, 0.3) is 0 Å². The van der Waals surface area contributed by atoms with Gasteiger partial charge in [-0.3, -0.25) is 4.79 Å². The lowest BCUT2D eigenvalue weighted by atomic mass is 9.97. The van der Waals surface area contributed by atoms with Crippen LogP contribution in [0.15, 0.2) is 18.2 Å². The summed E-state index contributed by atoms with van der Waals surface area (Å²) in [5.74, 6) is -0.798. The Bertz CT molecular complexity index is 745. The van der Waals surface area contributed by atoms with Crippen molar-refractivity contribution >= 4 is 18.0 Å². The van der Waals surface area contributed by atoms with Gasteiger partial charge < -0.3 is 29.4 Å². The fourth-order valence-corrected chi connectivity index (χ4v) is 2.53. The average molecular weight is 425 g/mol. The Morgan fingerprint density at radius 3 is 1.93 bits per heavy atom. The Morgan fingerprint density at radius 1 is 0.967 bits per heavy atom. The molecule has 0 bridgehead atoms. The summed E-state index contributed by atoms with van der Waals surface area (Å²) >= 11 is 0. The van der Waals surface area contributed by atoms with Crippen molar-refractivity contribution in [2.24, 2.45) is 0 Å². The number of hydrogen-bond acceptors (Lipinski definition) is 7. The fourth-order valence-electron chi connectivity index (χ4n) is 2.53. The number of methoxy groups -OCH3 is 2. The minimum absolute atomic E-state index is 0.132. The molecule has 1 aromatic rings. The van der Waals surface area contributed by atoms with Gasteiger partial charge in [0.15, 0.2) is 0 Å². The van der Waals surface area contributed by atoms with Crippen LogP contribution in [0.3, 0.4) is 0 Å². The van der Waals surface area contributed by atoms with Crippen LogP contribution in [0, 0.1) is 0 Å². The third-order valence-corrected chi connectivity index (χ3v) is 4.04. The van der Waals surface area contributed by atoms with Crippen LogP contribution >= 0.6 is 0 Å². The Hall–Kier alpha value is -2.97. The molecule has 0 heterocycles. The summed E-state index contributed by atoms with van der Waals surface area (Å²) in [5, 5.41) is 11.7. The number of aliphatic carboxylic acids is 1. The highest BCUT2D eigenvalue weighted by atomic mass is 16.6. The molecule has 0 aliphatic heterocycles. The molecule has 0 saturated heterocycles. The number of hydrogen-bond donors (Lipinski definition) is 2. The number of carboxylic acids is 1. The predicted octanol–water partition coefficient (Wildman–Crippen LogP) is 3.24. The van der Waals surface area contributed by atoms with Gasteiger partial charge in [0.1, 0.15) is 28.7 Å². The zero-order valence-electron chi connectivity index (χ0n) is 18.5. The highest BCUT2D eigenvalue weighted by Crippen LogP contribution is 2.32. The molecule has 0 aliphatic rings. The highest BCUT2D eigenvalue weighted by Gasteiger charge is 2.30. The molecule has 1 rings (SSSR count). The molecule has 2 N–H and O–H groups in total. The van der Waals surface area contributed by atoms with Crippen LogP contribution in [-0.4, -0.2) is 49.0 Å². The van der Waals surface area contributed by atoms with Gasteiger partial charge in [0.05, 0.1) is 14.2 Å². The first kappa shape index (κ1) is 25.1. The number of alkyl carbamates (subject to hydrolysis) is 1. The van der Waals surface area contributed by atoms with E-state index in [1.165, 1.54) is 14.2 Å². The summed E-state index contributed by atoms with van der Waals surface area (Å²) in [6.07, 6.45) is -1.23. The van der Waals surface area contributed by atoms with E-state index in [1.54, 1.807) is 52.8 Å². The SMILES string of the molecule is COc1cc(OC)cc(C(C)(C)OC(=O)NC(CCC(=O)OC(C)(C)C)C(=O)O)c1. The summed E-state index contributed by atoms with van der Waals surface area (Å²) in [5.41, 5.74) is -1.20. The van der Waals surface area contributed by atoms with E-state index in [2.05, 4.69) is 5.32 Å². The molecule has 1 unspecified atom stereocenters. The molecular weight excluding hydrogens is 394 g/mol. The minimum Gasteiger partial charge on any atom is -0.497 e. The second-order valence-corrected chi connectivity index (χ2v) is 8.16. The van der Waals surface area contributed by atoms with Gasteiger partial charge in [-0.15, -0.1) is 0 Å². The van der Waals surface area contributed by atoms with Gasteiger partial charge in [-0.05, 0) is 53.2 Å². The Morgan fingerprint density at radius 2 is 1.50 bits per heavy atom. The zero-order chi connectivity index (χ0) is 23.1. The van der Waals surface area contributed by atoms with Gasteiger partial charge in [0.2, 0.25) is 0 Å². The van der Waals surface area contributed by atoms with Crippen molar-refractivity contribution < 1.29 is 38.4 Å². The maximum absolute atomic E-state index is 12.4. The summed E-state index contributed by atoms with van der Waals surface area (Å²) in [6.45, 7) is 8.44. The highest BCUT2D eigenvalue weighted by molar-refractivity contribution is 5.81. The van der Waals surface area contributed by atoms with Crippen LogP contribution in [0.2, 0.25) is 0 Å². The second kappa shape index (κ2) is 10.2. The lowest BCUT2D eigenvalue weighted by Crippen LogP contribution is -2.43. The summed E-state index contributed by atoms with van der Waals surface area (Å²) in [6, 6.07) is 3.75. The average Bonchev–Trinajstić information content (AvgIpc) is 2.62. The lowest BCUT2D eigenvalue weighted by Gasteiger charge is -2.27. The summed E-state index contributed by atoms with van der Waals surface area (Å²) < 4.78 is 21.1. The van der Waals surface area contributed by atoms with E-state index in [4.69, 9.17) is 18.9 Å². The third kappa shape index (κ3) is 8.18. The molecule has 1 atom stereocenters. The molecule has 0 aromatic heterocycles. The van der Waals surface area contributed by atoms with E-state index in [1.807, 2.05) is 0 Å². The van der Waals surface area contributed by atoms with E-state index in [0.717, 1.165) is 0 Å². The maximum atomic E-state index is 12.4. The van der Waals surface area contributed by atoms with Crippen molar-refractivity contribution in [1.29, 1.82) is 0 Å². The third-order valence-electron chi connectivity index (χ3n) is 4.04. The van der Waals surface area contributed by atoms with Crippen LogP contribution in [-0.2, 0) is 24.7 Å². The number of nitrogens with one attached hydrogen (secondary N) is 1. The van der Waals surface area contributed by atoms with Crippen LogP contribution in [0.1, 0.15) is 53.0 Å². The molecule has 0 spiro atoms. The van der Waals surface area contributed by atoms with Crippen molar-refractivity contribution in [3.63, 3.8) is 0 Å².